The second kappa shape index (κ2) is 29.2. The summed E-state index contributed by atoms with van der Waals surface area (Å²) in [5.41, 5.74) is 0. The third-order valence-electron chi connectivity index (χ3n) is 0. The minimum absolute atomic E-state index is 0. The van der Waals surface area contributed by atoms with Gasteiger partial charge in [0.1, 0.15) is 0 Å². The number of rotatable bonds is 0. The van der Waals surface area contributed by atoms with Crippen LogP contribution in [0.15, 0.2) is 0 Å². The van der Waals surface area contributed by atoms with Crippen molar-refractivity contribution in [3.63, 3.8) is 0 Å². The molecule has 0 saturated heterocycles. The Morgan fingerprint density at radius 2 is 0.500 bits per heavy atom. The first-order valence-electron chi connectivity index (χ1n) is 1.10. The quantitative estimate of drug-likeness (QED) is 0.302. The van der Waals surface area contributed by atoms with E-state index in [0.717, 1.165) is 0 Å². The number of hydrogen-bond donors (Lipinski definition) is 0. The standard InChI is InChI=1S/2O3P.H2O.3Zn/c2*1-4(2)3;;;;/h;;1H2;;;/q2*-3;;3*+2. The van der Waals surface area contributed by atoms with Gasteiger partial charge < -0.3 is 52.0 Å². The summed E-state index contributed by atoms with van der Waals surface area (Å²) in [6.07, 6.45) is 0. The Morgan fingerprint density at radius 3 is 0.500 bits per heavy atom. The van der Waals surface area contributed by atoms with Gasteiger partial charge in [0.05, 0.1) is 0 Å². The van der Waals surface area contributed by atoms with Gasteiger partial charge in [0.25, 0.3) is 0 Å². The summed E-state index contributed by atoms with van der Waals surface area (Å²) in [5.74, 6) is 0. The van der Waals surface area contributed by atoms with Gasteiger partial charge in [-0.2, -0.15) is 0 Å². The van der Waals surface area contributed by atoms with E-state index in [1.165, 1.54) is 0 Å². The van der Waals surface area contributed by atoms with Crippen molar-refractivity contribution in [2.24, 2.45) is 0 Å². The molecule has 0 radical (unpaired) electrons. The zero-order valence-corrected chi connectivity index (χ0v) is 16.7. The van der Waals surface area contributed by atoms with E-state index >= 15 is 0 Å². The zero-order valence-electron chi connectivity index (χ0n) is 5.97. The first-order valence-corrected chi connectivity index (χ1v) is 3.29. The molecule has 0 rings (SSSR count). The molecule has 0 unspecified atom stereocenters. The van der Waals surface area contributed by atoms with E-state index in [4.69, 9.17) is 29.4 Å². The van der Waals surface area contributed by atoms with Crippen molar-refractivity contribution in [1.82, 2.24) is 0 Å². The molecule has 0 aliphatic carbocycles. The maximum absolute atomic E-state index is 8.48. The van der Waals surface area contributed by atoms with Crippen molar-refractivity contribution in [2.45, 2.75) is 0 Å². The van der Waals surface area contributed by atoms with Crippen LogP contribution in [0.3, 0.4) is 0 Å². The van der Waals surface area contributed by atoms with Gasteiger partial charge in [-0.25, -0.2) is 0 Å². The molecule has 0 bridgehead atoms. The smallest absolute Gasteiger partial charge is 0.854 e. The van der Waals surface area contributed by atoms with Crippen molar-refractivity contribution in [2.75, 3.05) is 0 Å². The second-order valence-corrected chi connectivity index (χ2v) is 1.34. The average Bonchev–Trinajstić information content (AvgIpc) is 1.25. The molecule has 7 nitrogen and oxygen atoms in total. The van der Waals surface area contributed by atoms with Crippen molar-refractivity contribution >= 4 is 17.2 Å². The maximum Gasteiger partial charge on any atom is 2.00 e. The Balaban J connectivity index is -0.0000000112. The average molecular weight is 372 g/mol. The second-order valence-electron chi connectivity index (χ2n) is 0.447. The van der Waals surface area contributed by atoms with Gasteiger partial charge in [-0.3, -0.25) is 0 Å². The van der Waals surface area contributed by atoms with Gasteiger partial charge in [-0.1, -0.05) is 0 Å². The summed E-state index contributed by atoms with van der Waals surface area (Å²) in [5, 5.41) is 0. The molecule has 0 atom stereocenters. The molecule has 0 aromatic carbocycles. The van der Waals surface area contributed by atoms with Gasteiger partial charge in [0.2, 0.25) is 0 Å². The van der Waals surface area contributed by atoms with Gasteiger partial charge in [0.15, 0.2) is 0 Å². The van der Waals surface area contributed by atoms with Crippen LogP contribution in [0, 0.1) is 0 Å². The van der Waals surface area contributed by atoms with E-state index in [1.807, 2.05) is 0 Å². The Morgan fingerprint density at radius 1 is 0.500 bits per heavy atom. The molecule has 0 saturated carbocycles. The molecular weight excluding hydrogens is 370 g/mol. The summed E-state index contributed by atoms with van der Waals surface area (Å²) in [6.45, 7) is 0. The molecule has 0 amide bonds. The Labute approximate surface area is 110 Å². The summed E-state index contributed by atoms with van der Waals surface area (Å²) in [7, 11) is -6.74. The van der Waals surface area contributed by atoms with Gasteiger partial charge in [-0.15, -0.1) is 0 Å². The first kappa shape index (κ1) is 36.6. The monoisotopic (exact) mass is 368 g/mol. The molecule has 0 heterocycles. The summed E-state index contributed by atoms with van der Waals surface area (Å²) >= 11 is 0. The molecule has 0 aliphatic rings. The molecule has 0 spiro atoms. The van der Waals surface area contributed by atoms with E-state index in [-0.39, 0.29) is 63.9 Å². The molecule has 0 aliphatic heterocycles. The van der Waals surface area contributed by atoms with E-state index in [1.54, 1.807) is 0 Å². The van der Waals surface area contributed by atoms with Crippen molar-refractivity contribution in [3.8, 4) is 0 Å². The fourth-order valence-corrected chi connectivity index (χ4v) is 0. The van der Waals surface area contributed by atoms with Crippen LogP contribution in [-0.2, 0) is 58.4 Å². The van der Waals surface area contributed by atoms with Crippen LogP contribution in [-0.4, -0.2) is 5.48 Å². The zero-order chi connectivity index (χ0) is 7.15. The SMILES string of the molecule is O.[O-]P([O-])[O-].[O-]P([O-])[O-].[Zn+2].[Zn+2].[Zn+2]. The van der Waals surface area contributed by atoms with E-state index < -0.39 is 17.2 Å². The Bertz CT molecular complexity index is 32.1. The largest absolute Gasteiger partial charge is 2.00 e. The first-order chi connectivity index (χ1) is 3.46. The molecule has 0 fully saturated rings. The molecule has 12 heteroatoms. The fourth-order valence-electron chi connectivity index (χ4n) is 0. The van der Waals surface area contributed by atoms with Crippen molar-refractivity contribution < 1.29 is 93.3 Å². The van der Waals surface area contributed by atoms with Crippen LogP contribution in [0.25, 0.3) is 0 Å². The predicted molar refractivity (Wildman–Crippen MR) is 17.5 cm³/mol. The van der Waals surface area contributed by atoms with E-state index in [0.29, 0.717) is 0 Å². The summed E-state index contributed by atoms with van der Waals surface area (Å²) in [6, 6.07) is 0. The van der Waals surface area contributed by atoms with Crippen LogP contribution >= 0.6 is 17.2 Å². The topological polar surface area (TPSA) is 170 Å². The van der Waals surface area contributed by atoms with Gasteiger partial charge in [-0.05, 0) is 0 Å². The van der Waals surface area contributed by atoms with Crippen LogP contribution in [0.5, 0.6) is 0 Å². The Kier molecular flexibility index (Phi) is 89.1. The third-order valence-corrected chi connectivity index (χ3v) is 0. The van der Waals surface area contributed by atoms with Crippen LogP contribution in [0.2, 0.25) is 0 Å². The van der Waals surface area contributed by atoms with Gasteiger partial charge >= 0.3 is 58.4 Å². The molecule has 0 aromatic rings. The molecular formula is H2O7P2Zn3. The van der Waals surface area contributed by atoms with E-state index in [2.05, 4.69) is 0 Å². The number of hydrogen-bond acceptors (Lipinski definition) is 6. The molecule has 2 N–H and O–H groups in total. The maximum atomic E-state index is 8.48. The van der Waals surface area contributed by atoms with Crippen LogP contribution < -0.4 is 29.4 Å². The molecule has 0 aromatic heterocycles. The summed E-state index contributed by atoms with van der Waals surface area (Å²) in [4.78, 5) is 50.9. The fraction of sp³-hybridized carbons (Fsp3) is 0. The van der Waals surface area contributed by atoms with Gasteiger partial charge in [0, 0.05) is 0 Å². The third kappa shape index (κ3) is 272. The minimum Gasteiger partial charge on any atom is -0.854 e. The normalized spacial score (nSPS) is 6.00. The van der Waals surface area contributed by atoms with Crippen molar-refractivity contribution in [3.05, 3.63) is 0 Å². The Hall–Kier alpha value is 2.45. The predicted octanol–water partition coefficient (Wildman–Crippen LogP) is -6.24. The van der Waals surface area contributed by atoms with Crippen LogP contribution in [0.4, 0.5) is 0 Å². The van der Waals surface area contributed by atoms with E-state index in [9.17, 15) is 0 Å². The van der Waals surface area contributed by atoms with Crippen LogP contribution in [0.1, 0.15) is 0 Å². The van der Waals surface area contributed by atoms with Crippen molar-refractivity contribution in [1.29, 1.82) is 0 Å². The molecule has 60 valence electrons. The summed E-state index contributed by atoms with van der Waals surface area (Å²) < 4.78 is 0. The molecule has 12 heavy (non-hydrogen) atoms. The minimum atomic E-state index is -3.37.